The van der Waals surface area contributed by atoms with Gasteiger partial charge in [0.2, 0.25) is 6.10 Å². The molecule has 0 spiro atoms. The van der Waals surface area contributed by atoms with E-state index in [1.807, 2.05) is 0 Å². The first-order valence-electron chi connectivity index (χ1n) is 9.59. The third-order valence-corrected chi connectivity index (χ3v) is 5.24. The summed E-state index contributed by atoms with van der Waals surface area (Å²) in [5, 5.41) is 24.8. The molecule has 0 saturated heterocycles. The van der Waals surface area contributed by atoms with Crippen molar-refractivity contribution in [3.63, 3.8) is 0 Å². The summed E-state index contributed by atoms with van der Waals surface area (Å²) in [6.45, 7) is 4.88. The summed E-state index contributed by atoms with van der Waals surface area (Å²) in [7, 11) is 0. The first-order valence-corrected chi connectivity index (χ1v) is 9.59. The molecular weight excluding hydrogens is 462 g/mol. The van der Waals surface area contributed by atoms with Gasteiger partial charge >= 0.3 is 18.3 Å². The number of hydrogen-bond acceptors (Lipinski definition) is 5. The Labute approximate surface area is 184 Å². The second kappa shape index (κ2) is 8.84. The molecule has 184 valence electrons. The summed E-state index contributed by atoms with van der Waals surface area (Å²) < 4.78 is 77.9. The minimum atomic E-state index is -6.01. The number of carboxylic acid groups (broad SMARTS) is 1. The fourth-order valence-electron chi connectivity index (χ4n) is 3.16. The van der Waals surface area contributed by atoms with Crippen LogP contribution < -0.4 is 5.32 Å². The van der Waals surface area contributed by atoms with Gasteiger partial charge in [-0.15, -0.1) is 0 Å². The van der Waals surface area contributed by atoms with Crippen LogP contribution in [0.2, 0.25) is 0 Å². The van der Waals surface area contributed by atoms with E-state index >= 15 is 0 Å². The van der Waals surface area contributed by atoms with Crippen LogP contribution in [0, 0.1) is 11.3 Å². The number of aliphatic hydroxyl groups is 1. The molecule has 1 aromatic carbocycles. The molecule has 7 nitrogen and oxygen atoms in total. The number of carbonyl (C=O) groups excluding carboxylic acids is 1. The fourth-order valence-corrected chi connectivity index (χ4v) is 3.16. The average molecular weight is 484 g/mol. The Bertz CT molecular complexity index is 905. The van der Waals surface area contributed by atoms with Gasteiger partial charge < -0.3 is 20.4 Å². The van der Waals surface area contributed by atoms with Gasteiger partial charge in [-0.05, 0) is 11.0 Å². The fraction of sp³-hybridized carbons (Fsp3) is 0.550. The number of nitrogens with zero attached hydrogens (tertiary/aromatic N) is 1. The second-order valence-corrected chi connectivity index (χ2v) is 8.62. The van der Waals surface area contributed by atoms with Crippen molar-refractivity contribution in [2.75, 3.05) is 6.54 Å². The van der Waals surface area contributed by atoms with Crippen LogP contribution in [-0.2, 0) is 20.0 Å². The van der Waals surface area contributed by atoms with E-state index < -0.39 is 52.8 Å². The molecule has 33 heavy (non-hydrogen) atoms. The number of rotatable bonds is 6. The molecule has 13 heteroatoms. The van der Waals surface area contributed by atoms with E-state index in [2.05, 4.69) is 10.5 Å². The van der Waals surface area contributed by atoms with Gasteiger partial charge in [0.1, 0.15) is 0 Å². The van der Waals surface area contributed by atoms with E-state index in [0.717, 1.165) is 12.1 Å². The van der Waals surface area contributed by atoms with Crippen LogP contribution in [0.5, 0.6) is 0 Å². The molecule has 2 atom stereocenters. The van der Waals surface area contributed by atoms with Gasteiger partial charge in [0, 0.05) is 18.5 Å². The highest BCUT2D eigenvalue weighted by Gasteiger charge is 2.71. The molecule has 0 bridgehead atoms. The molecule has 3 N–H and O–H groups in total. The quantitative estimate of drug-likeness (QED) is 0.537. The highest BCUT2D eigenvalue weighted by atomic mass is 19.4. The number of nitrogens with one attached hydrogen (secondary N) is 1. The molecule has 0 fully saturated rings. The maximum Gasteiger partial charge on any atom is 0.430 e. The van der Waals surface area contributed by atoms with E-state index in [1.54, 1.807) is 20.8 Å². The van der Waals surface area contributed by atoms with Crippen LogP contribution in [0.3, 0.4) is 0 Å². The van der Waals surface area contributed by atoms with Gasteiger partial charge in [0.15, 0.2) is 0 Å². The molecule has 1 aliphatic rings. The largest absolute Gasteiger partial charge is 0.481 e. The predicted molar refractivity (Wildman–Crippen MR) is 102 cm³/mol. The van der Waals surface area contributed by atoms with Crippen molar-refractivity contribution in [3.05, 3.63) is 35.4 Å². The highest BCUT2D eigenvalue weighted by Crippen LogP contribution is 2.50. The molecule has 2 unspecified atom stereocenters. The summed E-state index contributed by atoms with van der Waals surface area (Å²) in [6, 6.07) is 2.71. The normalized spacial score (nSPS) is 18.4. The van der Waals surface area contributed by atoms with Gasteiger partial charge in [0.05, 0.1) is 11.6 Å². The standard InChI is InChI=1S/C20H22F6N2O5/c1-17(2,3)12(16(30)31)9-27-15(29)14-8-13(28-33-14)10-4-6-11(7-5-10)18(32,19(21,22)23)20(24,25)26/h4-7,12,14,32H,8-9H2,1-3H3,(H,27,29)(H,30,31). The van der Waals surface area contributed by atoms with Gasteiger partial charge in [0.25, 0.3) is 11.5 Å². The molecule has 0 saturated carbocycles. The highest BCUT2D eigenvalue weighted by molar-refractivity contribution is 6.04. The number of hydrogen-bond donors (Lipinski definition) is 3. The van der Waals surface area contributed by atoms with Crippen molar-refractivity contribution >= 4 is 17.6 Å². The van der Waals surface area contributed by atoms with E-state index in [1.165, 1.54) is 0 Å². The van der Waals surface area contributed by atoms with Crippen LogP contribution in [-0.4, -0.2) is 52.8 Å². The summed E-state index contributed by atoms with van der Waals surface area (Å²) >= 11 is 0. The van der Waals surface area contributed by atoms with Crippen LogP contribution in [0.1, 0.15) is 38.3 Å². The summed E-state index contributed by atoms with van der Waals surface area (Å²) in [4.78, 5) is 28.7. The predicted octanol–water partition coefficient (Wildman–Crippen LogP) is 3.35. The maximum absolute atomic E-state index is 13.0. The molecule has 1 amide bonds. The Morgan fingerprint density at radius 1 is 1.09 bits per heavy atom. The number of benzene rings is 1. The number of alkyl halides is 6. The van der Waals surface area contributed by atoms with Gasteiger partial charge in [-0.3, -0.25) is 9.59 Å². The lowest BCUT2D eigenvalue weighted by Crippen LogP contribution is -2.53. The molecule has 1 aromatic rings. The number of carboxylic acids is 1. The summed E-state index contributed by atoms with van der Waals surface area (Å²) in [5.74, 6) is -2.67. The van der Waals surface area contributed by atoms with Crippen molar-refractivity contribution in [1.82, 2.24) is 5.32 Å². The molecule has 0 aromatic heterocycles. The third kappa shape index (κ3) is 5.40. The van der Waals surface area contributed by atoms with E-state index in [0.29, 0.717) is 12.1 Å². The molecule has 2 rings (SSSR count). The molecule has 0 radical (unpaired) electrons. The monoisotopic (exact) mass is 484 g/mol. The van der Waals surface area contributed by atoms with Gasteiger partial charge in [-0.1, -0.05) is 50.2 Å². The Morgan fingerprint density at radius 3 is 2.03 bits per heavy atom. The summed E-state index contributed by atoms with van der Waals surface area (Å²) in [6.07, 6.45) is -13.3. The van der Waals surface area contributed by atoms with Crippen LogP contribution in [0.15, 0.2) is 29.4 Å². The van der Waals surface area contributed by atoms with Crippen molar-refractivity contribution in [1.29, 1.82) is 0 Å². The Hall–Kier alpha value is -2.83. The average Bonchev–Trinajstić information content (AvgIpc) is 3.14. The van der Waals surface area contributed by atoms with E-state index in [4.69, 9.17) is 4.84 Å². The zero-order valence-electron chi connectivity index (χ0n) is 17.7. The number of amides is 1. The lowest BCUT2D eigenvalue weighted by Gasteiger charge is -2.32. The Balaban J connectivity index is 2.10. The Kier molecular flexibility index (Phi) is 7.08. The van der Waals surface area contributed by atoms with Crippen molar-refractivity contribution < 1.29 is 51.0 Å². The molecule has 1 aliphatic heterocycles. The molecule has 0 aliphatic carbocycles. The van der Waals surface area contributed by atoms with Crippen molar-refractivity contribution in [2.45, 2.75) is 51.2 Å². The first-order chi connectivity index (χ1) is 14.9. The van der Waals surface area contributed by atoms with Crippen LogP contribution >= 0.6 is 0 Å². The smallest absolute Gasteiger partial charge is 0.430 e. The maximum atomic E-state index is 13.0. The van der Waals surface area contributed by atoms with Crippen LogP contribution in [0.25, 0.3) is 0 Å². The zero-order valence-corrected chi connectivity index (χ0v) is 17.7. The topological polar surface area (TPSA) is 108 Å². The van der Waals surface area contributed by atoms with E-state index in [-0.39, 0.29) is 24.2 Å². The minimum absolute atomic E-state index is 0.0786. The van der Waals surface area contributed by atoms with E-state index in [9.17, 15) is 46.1 Å². The van der Waals surface area contributed by atoms with Gasteiger partial charge in [-0.2, -0.15) is 26.3 Å². The summed E-state index contributed by atoms with van der Waals surface area (Å²) in [5.41, 5.74) is -6.97. The molecule has 1 heterocycles. The van der Waals surface area contributed by atoms with Crippen molar-refractivity contribution in [3.8, 4) is 0 Å². The number of oxime groups is 1. The van der Waals surface area contributed by atoms with Crippen LogP contribution in [0.4, 0.5) is 26.3 Å². The SMILES string of the molecule is CC(C)(C)C(CNC(=O)C1CC(c2ccc(C(O)(C(F)(F)F)C(F)(F)F)cc2)=NO1)C(=O)O. The molecular formula is C20H22F6N2O5. The van der Waals surface area contributed by atoms with Crippen molar-refractivity contribution in [2.24, 2.45) is 16.5 Å². The number of halogens is 6. The third-order valence-electron chi connectivity index (χ3n) is 5.24. The zero-order chi connectivity index (χ0) is 25.4. The lowest BCUT2D eigenvalue weighted by atomic mass is 9.80. The number of aliphatic carboxylic acids is 1. The second-order valence-electron chi connectivity index (χ2n) is 8.62. The lowest BCUT2D eigenvalue weighted by molar-refractivity contribution is -0.376. The minimum Gasteiger partial charge on any atom is -0.481 e. The number of carbonyl (C=O) groups is 2. The first kappa shape index (κ1) is 26.4. The van der Waals surface area contributed by atoms with Gasteiger partial charge in [-0.25, -0.2) is 0 Å². The Morgan fingerprint density at radius 2 is 1.61 bits per heavy atom.